The fraction of sp³-hybridized carbons (Fsp3) is 0.167. The summed E-state index contributed by atoms with van der Waals surface area (Å²) >= 11 is 0. The van der Waals surface area contributed by atoms with Crippen LogP contribution in [0.25, 0.3) is 11.3 Å². The first-order valence-electron chi connectivity index (χ1n) is 5.56. The molecule has 0 unspecified atom stereocenters. The van der Waals surface area contributed by atoms with E-state index in [1.54, 1.807) is 24.5 Å². The van der Waals surface area contributed by atoms with Gasteiger partial charge in [-0.15, -0.1) is 0 Å². The summed E-state index contributed by atoms with van der Waals surface area (Å²) in [6.45, 7) is -0.822. The molecule has 6 nitrogen and oxygen atoms in total. The Labute approximate surface area is 107 Å². The van der Waals surface area contributed by atoms with Crippen LogP contribution in [0.3, 0.4) is 0 Å². The number of hydrogen-bond donors (Lipinski definition) is 2. The molecule has 0 aliphatic rings. The fourth-order valence-corrected chi connectivity index (χ4v) is 1.50. The molecule has 0 bridgehead atoms. The van der Waals surface area contributed by atoms with Crippen LogP contribution in [0.15, 0.2) is 35.4 Å². The highest BCUT2D eigenvalue weighted by atomic mass is 19.1. The summed E-state index contributed by atoms with van der Waals surface area (Å²) in [5, 5.41) is 8.39. The molecule has 2 N–H and O–H groups in total. The van der Waals surface area contributed by atoms with Crippen molar-refractivity contribution >= 4 is 5.91 Å². The van der Waals surface area contributed by atoms with Gasteiger partial charge in [0.2, 0.25) is 0 Å². The first-order chi connectivity index (χ1) is 9.22. The van der Waals surface area contributed by atoms with Crippen molar-refractivity contribution in [2.45, 2.75) is 0 Å². The molecule has 1 amide bonds. The van der Waals surface area contributed by atoms with Gasteiger partial charge in [0.05, 0.1) is 5.69 Å². The number of hydrogen-bond acceptors (Lipinski definition) is 4. The monoisotopic (exact) mass is 262 g/mol. The number of aromatic amines is 1. The molecule has 0 aliphatic carbocycles. The number of alkyl halides is 1. The smallest absolute Gasteiger partial charge is 0.277 e. The van der Waals surface area contributed by atoms with Gasteiger partial charge < -0.3 is 5.32 Å². The van der Waals surface area contributed by atoms with E-state index in [1.165, 1.54) is 6.07 Å². The quantitative estimate of drug-likeness (QED) is 0.841. The molecular formula is C12H11FN4O2. The summed E-state index contributed by atoms with van der Waals surface area (Å²) in [7, 11) is 0. The summed E-state index contributed by atoms with van der Waals surface area (Å²) in [5.41, 5.74) is 0.433. The number of pyridine rings is 1. The van der Waals surface area contributed by atoms with E-state index in [9.17, 15) is 14.0 Å². The normalized spacial score (nSPS) is 10.2. The molecule has 2 aromatic rings. The van der Waals surface area contributed by atoms with Crippen LogP contribution in [0.4, 0.5) is 4.39 Å². The first-order valence-corrected chi connectivity index (χ1v) is 5.56. The van der Waals surface area contributed by atoms with Gasteiger partial charge in [0.15, 0.2) is 0 Å². The maximum Gasteiger partial charge on any atom is 0.277 e. The van der Waals surface area contributed by atoms with E-state index in [1.807, 2.05) is 0 Å². The molecule has 0 saturated carbocycles. The van der Waals surface area contributed by atoms with E-state index < -0.39 is 18.1 Å². The minimum absolute atomic E-state index is 0.102. The zero-order chi connectivity index (χ0) is 13.7. The van der Waals surface area contributed by atoms with Crippen LogP contribution in [0.1, 0.15) is 10.4 Å². The molecule has 19 heavy (non-hydrogen) atoms. The minimum atomic E-state index is -0.689. The van der Waals surface area contributed by atoms with Gasteiger partial charge in [-0.05, 0) is 18.2 Å². The average molecular weight is 262 g/mol. The Morgan fingerprint density at radius 1 is 1.37 bits per heavy atom. The largest absolute Gasteiger partial charge is 0.349 e. The molecular weight excluding hydrogens is 251 g/mol. The summed E-state index contributed by atoms with van der Waals surface area (Å²) in [6, 6.07) is 4.76. The summed E-state index contributed by atoms with van der Waals surface area (Å²) in [5.74, 6) is -0.628. The van der Waals surface area contributed by atoms with Gasteiger partial charge in [0.1, 0.15) is 12.2 Å². The molecule has 0 saturated heterocycles. The number of carbonyl (C=O) groups excluding carboxylic acids is 1. The molecule has 0 aliphatic heterocycles. The number of rotatable bonds is 4. The lowest BCUT2D eigenvalue weighted by Crippen LogP contribution is -2.31. The third-order valence-electron chi connectivity index (χ3n) is 2.40. The van der Waals surface area contributed by atoms with E-state index in [4.69, 9.17) is 0 Å². The SMILES string of the molecule is O=C(NCCF)c1cc(-c2ccncc2)n[nH]c1=O. The first kappa shape index (κ1) is 12.9. The van der Waals surface area contributed by atoms with Crippen molar-refractivity contribution < 1.29 is 9.18 Å². The molecule has 0 radical (unpaired) electrons. The van der Waals surface area contributed by atoms with Crippen LogP contribution < -0.4 is 10.9 Å². The van der Waals surface area contributed by atoms with Gasteiger partial charge in [-0.25, -0.2) is 9.49 Å². The lowest BCUT2D eigenvalue weighted by atomic mass is 10.1. The molecule has 7 heteroatoms. The Morgan fingerprint density at radius 2 is 2.11 bits per heavy atom. The molecule has 2 aromatic heterocycles. The van der Waals surface area contributed by atoms with E-state index in [0.29, 0.717) is 11.3 Å². The Balaban J connectivity index is 2.35. The second-order valence-corrected chi connectivity index (χ2v) is 3.68. The molecule has 0 atom stereocenters. The Kier molecular flexibility index (Phi) is 3.97. The van der Waals surface area contributed by atoms with Gasteiger partial charge in [0.25, 0.3) is 11.5 Å². The maximum atomic E-state index is 12.0. The second kappa shape index (κ2) is 5.85. The van der Waals surface area contributed by atoms with Crippen LogP contribution in [0, 0.1) is 0 Å². The molecule has 2 rings (SSSR count). The number of halogens is 1. The summed E-state index contributed by atoms with van der Waals surface area (Å²) < 4.78 is 12.0. The highest BCUT2D eigenvalue weighted by Crippen LogP contribution is 2.14. The summed E-state index contributed by atoms with van der Waals surface area (Å²) in [4.78, 5) is 27.1. The molecule has 2 heterocycles. The third kappa shape index (κ3) is 3.01. The average Bonchev–Trinajstić information content (AvgIpc) is 2.46. The summed E-state index contributed by atoms with van der Waals surface area (Å²) in [6.07, 6.45) is 3.15. The lowest BCUT2D eigenvalue weighted by molar-refractivity contribution is 0.0949. The number of nitrogens with one attached hydrogen (secondary N) is 2. The van der Waals surface area contributed by atoms with E-state index in [0.717, 1.165) is 0 Å². The Morgan fingerprint density at radius 3 is 2.79 bits per heavy atom. The number of nitrogens with zero attached hydrogens (tertiary/aromatic N) is 2. The highest BCUT2D eigenvalue weighted by molar-refractivity contribution is 5.94. The van der Waals surface area contributed by atoms with Gasteiger partial charge in [-0.1, -0.05) is 0 Å². The third-order valence-corrected chi connectivity index (χ3v) is 2.40. The second-order valence-electron chi connectivity index (χ2n) is 3.68. The van der Waals surface area contributed by atoms with Crippen molar-refractivity contribution in [2.75, 3.05) is 13.2 Å². The van der Waals surface area contributed by atoms with E-state index in [2.05, 4.69) is 20.5 Å². The molecule has 0 aromatic carbocycles. The molecule has 0 spiro atoms. The van der Waals surface area contributed by atoms with Crippen LogP contribution in [0.2, 0.25) is 0 Å². The van der Waals surface area contributed by atoms with Crippen molar-refractivity contribution in [3.63, 3.8) is 0 Å². The van der Waals surface area contributed by atoms with Crippen molar-refractivity contribution in [3.05, 3.63) is 46.5 Å². The zero-order valence-electron chi connectivity index (χ0n) is 9.89. The topological polar surface area (TPSA) is 87.7 Å². The van der Waals surface area contributed by atoms with E-state index >= 15 is 0 Å². The molecule has 98 valence electrons. The highest BCUT2D eigenvalue weighted by Gasteiger charge is 2.12. The number of amides is 1. The van der Waals surface area contributed by atoms with Crippen LogP contribution >= 0.6 is 0 Å². The van der Waals surface area contributed by atoms with Gasteiger partial charge in [-0.3, -0.25) is 14.6 Å². The van der Waals surface area contributed by atoms with E-state index in [-0.39, 0.29) is 12.1 Å². The van der Waals surface area contributed by atoms with Crippen LogP contribution in [-0.4, -0.2) is 34.3 Å². The van der Waals surface area contributed by atoms with Crippen LogP contribution in [-0.2, 0) is 0 Å². The maximum absolute atomic E-state index is 12.0. The molecule has 0 fully saturated rings. The van der Waals surface area contributed by atoms with Gasteiger partial charge in [-0.2, -0.15) is 5.10 Å². The fourth-order valence-electron chi connectivity index (χ4n) is 1.50. The van der Waals surface area contributed by atoms with Crippen molar-refractivity contribution in [1.82, 2.24) is 20.5 Å². The predicted octanol–water partition coefficient (Wildman–Crippen LogP) is 0.531. The number of carbonyl (C=O) groups is 1. The lowest BCUT2D eigenvalue weighted by Gasteiger charge is -2.04. The van der Waals surface area contributed by atoms with Crippen molar-refractivity contribution in [2.24, 2.45) is 0 Å². The van der Waals surface area contributed by atoms with Crippen molar-refractivity contribution in [1.29, 1.82) is 0 Å². The zero-order valence-corrected chi connectivity index (χ0v) is 9.89. The Bertz CT molecular complexity index is 627. The van der Waals surface area contributed by atoms with Gasteiger partial charge >= 0.3 is 0 Å². The van der Waals surface area contributed by atoms with Crippen LogP contribution in [0.5, 0.6) is 0 Å². The minimum Gasteiger partial charge on any atom is -0.349 e. The predicted molar refractivity (Wildman–Crippen MR) is 66.4 cm³/mol. The number of aromatic nitrogens is 3. The van der Waals surface area contributed by atoms with Gasteiger partial charge in [0, 0.05) is 24.5 Å². The number of H-pyrrole nitrogens is 1. The Hall–Kier alpha value is -2.57. The standard InChI is InChI=1S/C12H11FN4O2/c13-3-6-15-11(18)9-7-10(16-17-12(9)19)8-1-4-14-5-2-8/h1-2,4-5,7H,3,6H2,(H,15,18)(H,17,19). The van der Waals surface area contributed by atoms with Crippen molar-refractivity contribution in [3.8, 4) is 11.3 Å².